The number of benzene rings is 1. The highest BCUT2D eigenvalue weighted by Crippen LogP contribution is 2.55. The lowest BCUT2D eigenvalue weighted by Crippen LogP contribution is -2.52. The fourth-order valence-corrected chi connectivity index (χ4v) is 4.57. The van der Waals surface area contributed by atoms with E-state index in [0.29, 0.717) is 11.1 Å². The Balaban J connectivity index is 1.81. The lowest BCUT2D eigenvalue weighted by molar-refractivity contribution is -0.384. The number of hydrogen-bond acceptors (Lipinski definition) is 9. The molecule has 0 aromatic heterocycles. The molecule has 168 valence electrons. The van der Waals surface area contributed by atoms with Crippen LogP contribution in [0.25, 0.3) is 0 Å². The molecule has 11 nitrogen and oxygen atoms in total. The van der Waals surface area contributed by atoms with Crippen LogP contribution in [0.5, 0.6) is 0 Å². The highest BCUT2D eigenvalue weighted by atomic mass is 16.7. The number of nitro benzene ring substituents is 1. The molecule has 0 radical (unpaired) electrons. The van der Waals surface area contributed by atoms with Gasteiger partial charge in [0, 0.05) is 19.9 Å². The van der Waals surface area contributed by atoms with E-state index in [1.807, 2.05) is 0 Å². The molecule has 0 saturated carbocycles. The summed E-state index contributed by atoms with van der Waals surface area (Å²) in [5, 5.41) is 11.7. The molecule has 3 heterocycles. The van der Waals surface area contributed by atoms with E-state index in [9.17, 15) is 29.3 Å². The molecule has 0 spiro atoms. The summed E-state index contributed by atoms with van der Waals surface area (Å²) in [5.74, 6) is -5.22. The van der Waals surface area contributed by atoms with E-state index in [1.165, 1.54) is 24.3 Å². The van der Waals surface area contributed by atoms with Gasteiger partial charge in [0.15, 0.2) is 5.60 Å². The topological polar surface area (TPSA) is 142 Å². The normalized spacial score (nSPS) is 27.8. The van der Waals surface area contributed by atoms with Crippen molar-refractivity contribution in [3.8, 4) is 0 Å². The molecule has 2 saturated heterocycles. The number of imide groups is 1. The van der Waals surface area contributed by atoms with E-state index >= 15 is 0 Å². The van der Waals surface area contributed by atoms with Gasteiger partial charge in [0.25, 0.3) is 12.0 Å². The van der Waals surface area contributed by atoms with Crippen molar-refractivity contribution in [1.29, 1.82) is 0 Å². The van der Waals surface area contributed by atoms with Gasteiger partial charge in [-0.25, -0.2) is 4.90 Å². The maximum absolute atomic E-state index is 13.5. The van der Waals surface area contributed by atoms with Crippen LogP contribution < -0.4 is 4.90 Å². The number of carbonyl (C=O) groups is 4. The molecular weight excluding hydrogens is 424 g/mol. The summed E-state index contributed by atoms with van der Waals surface area (Å²) < 4.78 is 16.2. The first-order valence-corrected chi connectivity index (χ1v) is 9.83. The summed E-state index contributed by atoms with van der Waals surface area (Å²) in [5.41, 5.74) is -0.961. The number of anilines is 1. The Morgan fingerprint density at radius 1 is 1.12 bits per heavy atom. The number of fused-ring (bicyclic) bond motifs is 5. The number of rotatable bonds is 5. The molecule has 3 aliphatic rings. The molecule has 1 aromatic rings. The Hall–Kier alpha value is -3.60. The van der Waals surface area contributed by atoms with Gasteiger partial charge in [-0.2, -0.15) is 0 Å². The van der Waals surface area contributed by atoms with Crippen molar-refractivity contribution in [3.63, 3.8) is 0 Å². The monoisotopic (exact) mass is 444 g/mol. The van der Waals surface area contributed by atoms with Crippen LogP contribution in [0.2, 0.25) is 0 Å². The predicted molar refractivity (Wildman–Crippen MR) is 106 cm³/mol. The second kappa shape index (κ2) is 7.23. The molecule has 4 rings (SSSR count). The number of amides is 2. The number of ether oxygens (including phenoxy) is 3. The lowest BCUT2D eigenvalue weighted by Gasteiger charge is -2.34. The van der Waals surface area contributed by atoms with Gasteiger partial charge < -0.3 is 14.2 Å². The van der Waals surface area contributed by atoms with Crippen LogP contribution in [-0.2, 0) is 33.4 Å². The van der Waals surface area contributed by atoms with Crippen molar-refractivity contribution in [2.75, 3.05) is 4.90 Å². The minimum atomic E-state index is -1.72. The van der Waals surface area contributed by atoms with Gasteiger partial charge in [-0.15, -0.1) is 0 Å². The van der Waals surface area contributed by atoms with Crippen molar-refractivity contribution < 1.29 is 38.3 Å². The molecule has 0 unspecified atom stereocenters. The van der Waals surface area contributed by atoms with Gasteiger partial charge in [0.05, 0.1) is 22.9 Å². The zero-order chi connectivity index (χ0) is 23.5. The molecule has 0 aliphatic carbocycles. The molecule has 2 amide bonds. The average Bonchev–Trinajstić information content (AvgIpc) is 3.33. The van der Waals surface area contributed by atoms with Crippen LogP contribution in [-0.4, -0.2) is 46.7 Å². The molecule has 4 atom stereocenters. The third-order valence-electron chi connectivity index (χ3n) is 6.02. The maximum Gasteiger partial charge on any atom is 0.305 e. The van der Waals surface area contributed by atoms with Gasteiger partial charge in [0.1, 0.15) is 5.69 Å². The molecule has 0 N–H and O–H groups in total. The Morgan fingerprint density at radius 3 is 2.28 bits per heavy atom. The van der Waals surface area contributed by atoms with Crippen LogP contribution in [0.4, 0.5) is 11.4 Å². The molecule has 1 aromatic carbocycles. The number of carbonyl (C=O) groups excluding carboxylic acids is 4. The molecule has 11 heteroatoms. The van der Waals surface area contributed by atoms with E-state index in [4.69, 9.17) is 14.2 Å². The first-order chi connectivity index (χ1) is 15.0. The third kappa shape index (κ3) is 3.00. The first kappa shape index (κ1) is 21.6. The van der Waals surface area contributed by atoms with Crippen LogP contribution in [0.1, 0.15) is 25.0 Å². The summed E-state index contributed by atoms with van der Waals surface area (Å²) in [7, 11) is 0. The largest absolute Gasteiger partial charge is 0.422 e. The average molecular weight is 444 g/mol. The summed E-state index contributed by atoms with van der Waals surface area (Å²) in [6, 6.07) is 2.72. The van der Waals surface area contributed by atoms with Crippen molar-refractivity contribution in [1.82, 2.24) is 0 Å². The van der Waals surface area contributed by atoms with Gasteiger partial charge in [-0.05, 0) is 37.1 Å². The van der Waals surface area contributed by atoms with E-state index < -0.39 is 58.5 Å². The Morgan fingerprint density at radius 2 is 1.72 bits per heavy atom. The molecule has 2 bridgehead atoms. The van der Waals surface area contributed by atoms with Crippen LogP contribution in [0, 0.1) is 35.8 Å². The third-order valence-corrected chi connectivity index (χ3v) is 6.02. The van der Waals surface area contributed by atoms with Crippen molar-refractivity contribution in [2.45, 2.75) is 45.7 Å². The van der Waals surface area contributed by atoms with Gasteiger partial charge >= 0.3 is 11.9 Å². The number of aryl methyl sites for hydroxylation is 2. The maximum atomic E-state index is 13.5. The van der Waals surface area contributed by atoms with Crippen LogP contribution in [0.3, 0.4) is 0 Å². The molecule has 3 aliphatic heterocycles. The molecule has 2 fully saturated rings. The Kier molecular flexibility index (Phi) is 4.88. The van der Waals surface area contributed by atoms with E-state index in [0.717, 1.165) is 18.7 Å². The van der Waals surface area contributed by atoms with Gasteiger partial charge in [-0.3, -0.25) is 29.3 Å². The smallest absolute Gasteiger partial charge is 0.305 e. The van der Waals surface area contributed by atoms with Gasteiger partial charge in [-0.1, -0.05) is 6.08 Å². The first-order valence-electron chi connectivity index (χ1n) is 9.83. The minimum absolute atomic E-state index is 0.145. The predicted octanol–water partition coefficient (Wildman–Crippen LogP) is 1.48. The van der Waals surface area contributed by atoms with Crippen LogP contribution >= 0.6 is 0 Å². The number of hydrogen-bond donors (Lipinski definition) is 0. The lowest BCUT2D eigenvalue weighted by atomic mass is 9.76. The van der Waals surface area contributed by atoms with E-state index in [1.54, 1.807) is 13.8 Å². The van der Waals surface area contributed by atoms with Gasteiger partial charge in [0.2, 0.25) is 11.8 Å². The SMILES string of the molecule is CC(=O)OC(OC(C)=O)[C@@]12C=C[C@H](O1)[C@@H]1C(=O)N(c3cc(C)c(C)cc3[N+](=O)[O-])C(=O)[C@H]12. The Bertz CT molecular complexity index is 1090. The number of nitrogens with zero attached hydrogens (tertiary/aromatic N) is 2. The number of esters is 2. The fraction of sp³-hybridized carbons (Fsp3) is 0.429. The van der Waals surface area contributed by atoms with E-state index in [2.05, 4.69) is 0 Å². The van der Waals surface area contributed by atoms with Crippen molar-refractivity contribution >= 4 is 35.1 Å². The zero-order valence-electron chi connectivity index (χ0n) is 17.7. The van der Waals surface area contributed by atoms with E-state index in [-0.39, 0.29) is 11.4 Å². The summed E-state index contributed by atoms with van der Waals surface area (Å²) in [4.78, 5) is 61.9. The summed E-state index contributed by atoms with van der Waals surface area (Å²) >= 11 is 0. The quantitative estimate of drug-likeness (QED) is 0.165. The van der Waals surface area contributed by atoms with Crippen molar-refractivity contribution in [2.24, 2.45) is 11.8 Å². The standard InChI is InChI=1S/C21H20N2O9/c1-9-7-13(14(23(28)29)8-10(9)2)22-18(26)16-15-5-6-21(32-15,17(16)19(22)27)20(30-11(3)24)31-12(4)25/h5-8,15-17,20H,1-4H3/t15-,16-,17-,21-/m0/s1. The highest BCUT2D eigenvalue weighted by molar-refractivity contribution is 6.24. The summed E-state index contributed by atoms with van der Waals surface area (Å²) in [6.45, 7) is 5.59. The summed E-state index contributed by atoms with van der Waals surface area (Å²) in [6.07, 6.45) is 0.518. The second-order valence-corrected chi connectivity index (χ2v) is 8.04. The molecular formula is C21H20N2O9. The second-order valence-electron chi connectivity index (χ2n) is 8.04. The Labute approximate surface area is 182 Å². The molecule has 32 heavy (non-hydrogen) atoms. The fourth-order valence-electron chi connectivity index (χ4n) is 4.57. The minimum Gasteiger partial charge on any atom is -0.422 e. The zero-order valence-corrected chi connectivity index (χ0v) is 17.7. The number of nitro groups is 1. The van der Waals surface area contributed by atoms with Crippen LogP contribution in [0.15, 0.2) is 24.3 Å². The van der Waals surface area contributed by atoms with Crippen molar-refractivity contribution in [3.05, 3.63) is 45.5 Å². The highest BCUT2D eigenvalue weighted by Gasteiger charge is 2.72.